The molecular weight excluding hydrogens is 230 g/mol. The van der Waals surface area contributed by atoms with E-state index >= 15 is 0 Å². The first-order valence-electron chi connectivity index (χ1n) is 6.08. The highest BCUT2D eigenvalue weighted by molar-refractivity contribution is 7.09. The quantitative estimate of drug-likeness (QED) is 0.570. The highest BCUT2D eigenvalue weighted by atomic mass is 32.1. The van der Waals surface area contributed by atoms with Crippen LogP contribution < -0.4 is 5.32 Å². The van der Waals surface area contributed by atoms with Crippen LogP contribution in [0.15, 0.2) is 17.5 Å². The standard InChI is InChI=1S/C13H23N3S/c1-5-6-14-7-13-15-12(10-17-13)9-16(4)8-11(2)3/h10,14H,2,5-9H2,1,3-4H3. The zero-order valence-electron chi connectivity index (χ0n) is 11.1. The summed E-state index contributed by atoms with van der Waals surface area (Å²) in [6, 6.07) is 0. The van der Waals surface area contributed by atoms with Gasteiger partial charge in [0.1, 0.15) is 5.01 Å². The molecule has 1 aromatic heterocycles. The minimum Gasteiger partial charge on any atom is -0.310 e. The van der Waals surface area contributed by atoms with Crippen LogP contribution in [-0.2, 0) is 13.1 Å². The molecule has 0 aliphatic carbocycles. The Morgan fingerprint density at radius 2 is 2.35 bits per heavy atom. The van der Waals surface area contributed by atoms with Gasteiger partial charge >= 0.3 is 0 Å². The fourth-order valence-electron chi connectivity index (χ4n) is 1.67. The number of thiazole rings is 1. The molecule has 96 valence electrons. The van der Waals surface area contributed by atoms with Crippen molar-refractivity contribution >= 4 is 11.3 Å². The van der Waals surface area contributed by atoms with Crippen molar-refractivity contribution in [2.45, 2.75) is 33.4 Å². The van der Waals surface area contributed by atoms with Crippen molar-refractivity contribution in [1.82, 2.24) is 15.2 Å². The number of hydrogen-bond donors (Lipinski definition) is 1. The summed E-state index contributed by atoms with van der Waals surface area (Å²) in [6.45, 7) is 11.9. The Hall–Kier alpha value is -0.710. The Bertz CT molecular complexity index is 346. The van der Waals surface area contributed by atoms with Crippen LogP contribution in [0.2, 0.25) is 0 Å². The van der Waals surface area contributed by atoms with Crippen molar-refractivity contribution in [3.05, 3.63) is 28.2 Å². The number of aromatic nitrogens is 1. The van der Waals surface area contributed by atoms with E-state index in [1.165, 1.54) is 17.0 Å². The summed E-state index contributed by atoms with van der Waals surface area (Å²) in [5, 5.41) is 6.70. The first-order chi connectivity index (χ1) is 8.11. The second kappa shape index (κ2) is 7.58. The van der Waals surface area contributed by atoms with Crippen LogP contribution in [0.3, 0.4) is 0 Å². The highest BCUT2D eigenvalue weighted by Gasteiger charge is 2.05. The second-order valence-electron chi connectivity index (χ2n) is 4.54. The molecule has 0 aliphatic heterocycles. The van der Waals surface area contributed by atoms with E-state index in [2.05, 4.69) is 48.1 Å². The van der Waals surface area contributed by atoms with Crippen LogP contribution in [0, 0.1) is 0 Å². The summed E-state index contributed by atoms with van der Waals surface area (Å²) in [4.78, 5) is 6.85. The van der Waals surface area contributed by atoms with Crippen LogP contribution in [0.25, 0.3) is 0 Å². The van der Waals surface area contributed by atoms with Gasteiger partial charge in [-0.2, -0.15) is 0 Å². The van der Waals surface area contributed by atoms with Gasteiger partial charge in [0.25, 0.3) is 0 Å². The lowest BCUT2D eigenvalue weighted by atomic mass is 10.3. The molecule has 0 spiro atoms. The summed E-state index contributed by atoms with van der Waals surface area (Å²) >= 11 is 1.74. The minimum absolute atomic E-state index is 0.892. The third kappa shape index (κ3) is 5.96. The predicted molar refractivity (Wildman–Crippen MR) is 75.3 cm³/mol. The molecule has 0 bridgehead atoms. The lowest BCUT2D eigenvalue weighted by molar-refractivity contribution is 0.351. The third-order valence-corrected chi connectivity index (χ3v) is 3.17. The summed E-state index contributed by atoms with van der Waals surface area (Å²) in [5.41, 5.74) is 2.35. The van der Waals surface area contributed by atoms with Crippen LogP contribution >= 0.6 is 11.3 Å². The molecule has 4 heteroatoms. The van der Waals surface area contributed by atoms with Gasteiger partial charge in [-0.1, -0.05) is 19.1 Å². The van der Waals surface area contributed by atoms with E-state index in [4.69, 9.17) is 0 Å². The SMILES string of the molecule is C=C(C)CN(C)Cc1csc(CNCCC)n1. The van der Waals surface area contributed by atoms with Gasteiger partial charge in [-0.15, -0.1) is 11.3 Å². The van der Waals surface area contributed by atoms with Crippen molar-refractivity contribution < 1.29 is 0 Å². The molecule has 0 saturated heterocycles. The normalized spacial score (nSPS) is 11.1. The maximum atomic E-state index is 4.61. The van der Waals surface area contributed by atoms with Gasteiger partial charge in [0, 0.05) is 25.0 Å². The first kappa shape index (κ1) is 14.4. The zero-order chi connectivity index (χ0) is 12.7. The van der Waals surface area contributed by atoms with E-state index in [1.54, 1.807) is 11.3 Å². The van der Waals surface area contributed by atoms with Gasteiger partial charge in [-0.3, -0.25) is 4.90 Å². The molecule has 0 aliphatic rings. The number of nitrogens with one attached hydrogen (secondary N) is 1. The van der Waals surface area contributed by atoms with Gasteiger partial charge < -0.3 is 5.32 Å². The second-order valence-corrected chi connectivity index (χ2v) is 5.48. The van der Waals surface area contributed by atoms with Gasteiger partial charge in [0.05, 0.1) is 5.69 Å². The molecule has 0 unspecified atom stereocenters. The Morgan fingerprint density at radius 1 is 1.59 bits per heavy atom. The van der Waals surface area contributed by atoms with Crippen LogP contribution in [-0.4, -0.2) is 30.0 Å². The fraction of sp³-hybridized carbons (Fsp3) is 0.615. The maximum absolute atomic E-state index is 4.61. The monoisotopic (exact) mass is 253 g/mol. The average Bonchev–Trinajstić information content (AvgIpc) is 2.64. The van der Waals surface area contributed by atoms with Crippen molar-refractivity contribution in [1.29, 1.82) is 0 Å². The average molecular weight is 253 g/mol. The van der Waals surface area contributed by atoms with Crippen molar-refractivity contribution in [3.8, 4) is 0 Å². The Morgan fingerprint density at radius 3 is 3.00 bits per heavy atom. The molecule has 0 saturated carbocycles. The molecular formula is C13H23N3S. The van der Waals surface area contributed by atoms with E-state index in [-0.39, 0.29) is 0 Å². The number of likely N-dealkylation sites (N-methyl/N-ethyl adjacent to an activating group) is 1. The third-order valence-electron chi connectivity index (χ3n) is 2.27. The Balaban J connectivity index is 2.37. The minimum atomic E-state index is 0.892. The molecule has 0 fully saturated rings. The predicted octanol–water partition coefficient (Wildman–Crippen LogP) is 2.65. The van der Waals surface area contributed by atoms with Crippen molar-refractivity contribution in [2.75, 3.05) is 20.1 Å². The van der Waals surface area contributed by atoms with Gasteiger partial charge in [-0.25, -0.2) is 4.98 Å². The zero-order valence-corrected chi connectivity index (χ0v) is 11.9. The Labute approximate surface area is 109 Å². The maximum Gasteiger partial charge on any atom is 0.107 e. The van der Waals surface area contributed by atoms with Gasteiger partial charge in [0.2, 0.25) is 0 Å². The molecule has 3 nitrogen and oxygen atoms in total. The fourth-order valence-corrected chi connectivity index (χ4v) is 2.42. The lowest BCUT2D eigenvalue weighted by Crippen LogP contribution is -2.20. The Kier molecular flexibility index (Phi) is 6.40. The van der Waals surface area contributed by atoms with E-state index < -0.39 is 0 Å². The smallest absolute Gasteiger partial charge is 0.107 e. The van der Waals surface area contributed by atoms with Gasteiger partial charge in [0.15, 0.2) is 0 Å². The summed E-state index contributed by atoms with van der Waals surface area (Å²) < 4.78 is 0. The van der Waals surface area contributed by atoms with Crippen LogP contribution in [0.1, 0.15) is 31.0 Å². The molecule has 0 aromatic carbocycles. The molecule has 1 rings (SSSR count). The number of hydrogen-bond acceptors (Lipinski definition) is 4. The number of rotatable bonds is 8. The molecule has 1 aromatic rings. The van der Waals surface area contributed by atoms with Crippen molar-refractivity contribution in [2.24, 2.45) is 0 Å². The van der Waals surface area contributed by atoms with Crippen LogP contribution in [0.5, 0.6) is 0 Å². The van der Waals surface area contributed by atoms with E-state index in [1.807, 2.05) is 0 Å². The molecule has 1 heterocycles. The highest BCUT2D eigenvalue weighted by Crippen LogP contribution is 2.11. The molecule has 0 atom stereocenters. The van der Waals surface area contributed by atoms with E-state index in [0.29, 0.717) is 0 Å². The molecule has 0 radical (unpaired) electrons. The van der Waals surface area contributed by atoms with Crippen molar-refractivity contribution in [3.63, 3.8) is 0 Å². The summed E-state index contributed by atoms with van der Waals surface area (Å²) in [7, 11) is 2.10. The number of nitrogens with zero attached hydrogens (tertiary/aromatic N) is 2. The molecule has 0 amide bonds. The van der Waals surface area contributed by atoms with Crippen LogP contribution in [0.4, 0.5) is 0 Å². The van der Waals surface area contributed by atoms with E-state index in [0.717, 1.165) is 31.9 Å². The largest absolute Gasteiger partial charge is 0.310 e. The molecule has 17 heavy (non-hydrogen) atoms. The first-order valence-corrected chi connectivity index (χ1v) is 6.96. The lowest BCUT2D eigenvalue weighted by Gasteiger charge is -2.14. The van der Waals surface area contributed by atoms with Gasteiger partial charge in [-0.05, 0) is 26.9 Å². The summed E-state index contributed by atoms with van der Waals surface area (Å²) in [5.74, 6) is 0. The summed E-state index contributed by atoms with van der Waals surface area (Å²) in [6.07, 6.45) is 1.17. The topological polar surface area (TPSA) is 28.2 Å². The molecule has 1 N–H and O–H groups in total. The van der Waals surface area contributed by atoms with E-state index in [9.17, 15) is 0 Å².